The van der Waals surface area contributed by atoms with E-state index < -0.39 is 5.76 Å². The largest absolute Gasteiger partial charge is 0.417 e. The lowest BCUT2D eigenvalue weighted by molar-refractivity contribution is 0.545. The Morgan fingerprint density at radius 3 is 2.86 bits per heavy atom. The van der Waals surface area contributed by atoms with E-state index in [-0.39, 0.29) is 11.9 Å². The summed E-state index contributed by atoms with van der Waals surface area (Å²) >= 11 is 0. The van der Waals surface area contributed by atoms with Crippen LogP contribution in [0.5, 0.6) is 0 Å². The van der Waals surface area contributed by atoms with Crippen molar-refractivity contribution in [2.45, 2.75) is 12.5 Å². The van der Waals surface area contributed by atoms with Gasteiger partial charge in [-0.3, -0.25) is 4.98 Å². The van der Waals surface area contributed by atoms with Crippen LogP contribution in [0.3, 0.4) is 0 Å². The van der Waals surface area contributed by atoms with Crippen molar-refractivity contribution in [1.29, 1.82) is 0 Å². The van der Waals surface area contributed by atoms with Crippen molar-refractivity contribution >= 4 is 11.1 Å². The first kappa shape index (κ1) is 13.6. The summed E-state index contributed by atoms with van der Waals surface area (Å²) in [4.78, 5) is 13.8. The number of aromatic amines is 1. The maximum absolute atomic E-state index is 13.8. The zero-order chi connectivity index (χ0) is 14.8. The van der Waals surface area contributed by atoms with E-state index in [9.17, 15) is 9.18 Å². The van der Waals surface area contributed by atoms with Crippen molar-refractivity contribution in [3.8, 4) is 0 Å². The molecule has 0 saturated carbocycles. The molecule has 21 heavy (non-hydrogen) atoms. The lowest BCUT2D eigenvalue weighted by Crippen LogP contribution is -2.19. The monoisotopic (exact) mass is 286 g/mol. The van der Waals surface area contributed by atoms with Crippen LogP contribution in [0.4, 0.5) is 4.39 Å². The number of hydrogen-bond acceptors (Lipinski definition) is 3. The van der Waals surface area contributed by atoms with Gasteiger partial charge in [-0.05, 0) is 42.8 Å². The van der Waals surface area contributed by atoms with Crippen molar-refractivity contribution in [1.82, 2.24) is 10.3 Å². The summed E-state index contributed by atoms with van der Waals surface area (Å²) in [6.07, 6.45) is 0.517. The number of aromatic nitrogens is 1. The van der Waals surface area contributed by atoms with Crippen LogP contribution in [0.2, 0.25) is 0 Å². The molecule has 0 aliphatic heterocycles. The van der Waals surface area contributed by atoms with Gasteiger partial charge in [-0.2, -0.15) is 0 Å². The van der Waals surface area contributed by atoms with Crippen molar-refractivity contribution in [3.05, 3.63) is 70.0 Å². The Morgan fingerprint density at radius 1 is 1.29 bits per heavy atom. The molecule has 0 aliphatic carbocycles. The highest BCUT2D eigenvalue weighted by atomic mass is 19.1. The molecule has 0 aliphatic rings. The second-order valence-electron chi connectivity index (χ2n) is 4.91. The Bertz CT molecular complexity index is 822. The maximum atomic E-state index is 13.8. The van der Waals surface area contributed by atoms with Gasteiger partial charge in [0, 0.05) is 6.04 Å². The summed E-state index contributed by atoms with van der Waals surface area (Å²) in [7, 11) is 1.82. The van der Waals surface area contributed by atoms with Gasteiger partial charge in [0.2, 0.25) is 0 Å². The van der Waals surface area contributed by atoms with E-state index in [1.807, 2.05) is 19.2 Å². The fraction of sp³-hybridized carbons (Fsp3) is 0.188. The molecular formula is C16H15FN2O2. The number of nitrogens with one attached hydrogen (secondary N) is 2. The number of likely N-dealkylation sites (N-methyl/N-ethyl adjacent to an activating group) is 1. The van der Waals surface area contributed by atoms with Gasteiger partial charge in [-0.1, -0.05) is 24.3 Å². The first-order valence-electron chi connectivity index (χ1n) is 6.71. The third kappa shape index (κ3) is 2.73. The van der Waals surface area contributed by atoms with Crippen molar-refractivity contribution in [2.24, 2.45) is 0 Å². The number of benzene rings is 2. The van der Waals surface area contributed by atoms with Gasteiger partial charge >= 0.3 is 5.76 Å². The summed E-state index contributed by atoms with van der Waals surface area (Å²) in [6, 6.07) is 12.1. The standard InChI is InChI=1S/C16H15FN2O2/c1-18-14(8-10-4-2-3-5-12(10)17)11-6-7-13-15(9-11)21-16(20)19-13/h2-7,9,14,18H,8H2,1H3,(H,19,20). The normalized spacial score (nSPS) is 12.7. The number of H-pyrrole nitrogens is 1. The molecule has 3 rings (SSSR count). The van der Waals surface area contributed by atoms with E-state index in [0.29, 0.717) is 23.1 Å². The molecule has 0 bridgehead atoms. The van der Waals surface area contributed by atoms with Crippen molar-refractivity contribution < 1.29 is 8.81 Å². The minimum Gasteiger partial charge on any atom is -0.408 e. The average Bonchev–Trinajstić information content (AvgIpc) is 2.85. The highest BCUT2D eigenvalue weighted by Crippen LogP contribution is 2.22. The molecule has 5 heteroatoms. The summed E-state index contributed by atoms with van der Waals surface area (Å²) < 4.78 is 18.8. The molecule has 0 spiro atoms. The van der Waals surface area contributed by atoms with Crippen LogP contribution in [-0.2, 0) is 6.42 Å². The number of oxazole rings is 1. The Hall–Kier alpha value is -2.40. The van der Waals surface area contributed by atoms with E-state index in [4.69, 9.17) is 4.42 Å². The second-order valence-corrected chi connectivity index (χ2v) is 4.91. The number of rotatable bonds is 4. The first-order valence-corrected chi connectivity index (χ1v) is 6.71. The van der Waals surface area contributed by atoms with E-state index in [0.717, 1.165) is 5.56 Å². The average molecular weight is 286 g/mol. The third-order valence-electron chi connectivity index (χ3n) is 3.58. The Morgan fingerprint density at radius 2 is 2.10 bits per heavy atom. The Labute approximate surface area is 120 Å². The van der Waals surface area contributed by atoms with Crippen LogP contribution in [-0.4, -0.2) is 12.0 Å². The fourth-order valence-corrected chi connectivity index (χ4v) is 2.45. The fourth-order valence-electron chi connectivity index (χ4n) is 2.45. The van der Waals surface area contributed by atoms with Crippen LogP contribution in [0, 0.1) is 5.82 Å². The van der Waals surface area contributed by atoms with Gasteiger partial charge in [0.05, 0.1) is 5.52 Å². The summed E-state index contributed by atoms with van der Waals surface area (Å²) in [6.45, 7) is 0. The highest BCUT2D eigenvalue weighted by Gasteiger charge is 2.14. The SMILES string of the molecule is CNC(Cc1ccccc1F)c1ccc2[nH]c(=O)oc2c1. The smallest absolute Gasteiger partial charge is 0.408 e. The van der Waals surface area contributed by atoms with Crippen LogP contribution >= 0.6 is 0 Å². The van der Waals surface area contributed by atoms with Crippen LogP contribution in [0.1, 0.15) is 17.2 Å². The molecule has 2 N–H and O–H groups in total. The minimum absolute atomic E-state index is 0.0634. The van der Waals surface area contributed by atoms with Gasteiger partial charge < -0.3 is 9.73 Å². The van der Waals surface area contributed by atoms with Crippen molar-refractivity contribution in [3.63, 3.8) is 0 Å². The van der Waals surface area contributed by atoms with E-state index >= 15 is 0 Å². The molecule has 1 atom stereocenters. The lowest BCUT2D eigenvalue weighted by atomic mass is 9.98. The van der Waals surface area contributed by atoms with Gasteiger partial charge in [0.1, 0.15) is 5.82 Å². The molecule has 0 radical (unpaired) electrons. The molecule has 1 aromatic heterocycles. The van der Waals surface area contributed by atoms with E-state index in [1.165, 1.54) is 6.07 Å². The third-order valence-corrected chi connectivity index (χ3v) is 3.58. The maximum Gasteiger partial charge on any atom is 0.417 e. The molecule has 0 amide bonds. The minimum atomic E-state index is -0.475. The van der Waals surface area contributed by atoms with Crippen LogP contribution in [0.25, 0.3) is 11.1 Å². The van der Waals surface area contributed by atoms with Gasteiger partial charge in [-0.15, -0.1) is 0 Å². The topological polar surface area (TPSA) is 58.0 Å². The van der Waals surface area contributed by atoms with Crippen molar-refractivity contribution in [2.75, 3.05) is 7.05 Å². The highest BCUT2D eigenvalue weighted by molar-refractivity contribution is 5.72. The number of fused-ring (bicyclic) bond motifs is 1. The summed E-state index contributed by atoms with van der Waals surface area (Å²) in [5.74, 6) is -0.690. The molecule has 2 aromatic carbocycles. The summed E-state index contributed by atoms with van der Waals surface area (Å²) in [5, 5.41) is 3.17. The Kier molecular flexibility index (Phi) is 3.58. The molecule has 1 unspecified atom stereocenters. The lowest BCUT2D eigenvalue weighted by Gasteiger charge is -2.17. The number of halogens is 1. The van der Waals surface area contributed by atoms with Gasteiger partial charge in [0.15, 0.2) is 5.58 Å². The Balaban J connectivity index is 1.94. The molecule has 3 aromatic rings. The molecule has 0 fully saturated rings. The predicted molar refractivity (Wildman–Crippen MR) is 78.7 cm³/mol. The molecule has 4 nitrogen and oxygen atoms in total. The van der Waals surface area contributed by atoms with Crippen LogP contribution < -0.4 is 11.1 Å². The van der Waals surface area contributed by atoms with Gasteiger partial charge in [-0.25, -0.2) is 9.18 Å². The predicted octanol–water partition coefficient (Wildman–Crippen LogP) is 2.76. The van der Waals surface area contributed by atoms with E-state index in [1.54, 1.807) is 24.3 Å². The van der Waals surface area contributed by atoms with Crippen LogP contribution in [0.15, 0.2) is 51.7 Å². The van der Waals surface area contributed by atoms with E-state index in [2.05, 4.69) is 10.3 Å². The molecular weight excluding hydrogens is 271 g/mol. The molecule has 1 heterocycles. The zero-order valence-electron chi connectivity index (χ0n) is 11.5. The zero-order valence-corrected chi connectivity index (χ0v) is 11.5. The first-order chi connectivity index (χ1) is 10.2. The quantitative estimate of drug-likeness (QED) is 0.775. The number of hydrogen-bond donors (Lipinski definition) is 2. The van der Waals surface area contributed by atoms with Gasteiger partial charge in [0.25, 0.3) is 0 Å². The second kappa shape index (κ2) is 5.54. The molecule has 108 valence electrons. The molecule has 0 saturated heterocycles. The summed E-state index contributed by atoms with van der Waals surface area (Å²) in [5.41, 5.74) is 2.75.